The first-order valence-electron chi connectivity index (χ1n) is 9.44. The summed E-state index contributed by atoms with van der Waals surface area (Å²) in [6.07, 6.45) is -2.46. The minimum Gasteiger partial charge on any atom is -0.477 e. The molecule has 3 fully saturated rings. The Kier molecular flexibility index (Phi) is 4.98. The zero-order valence-electron chi connectivity index (χ0n) is 17.3. The van der Waals surface area contributed by atoms with Crippen molar-refractivity contribution in [2.75, 3.05) is 0 Å². The second-order valence-corrected chi connectivity index (χ2v) is 8.91. The molecule has 3 saturated heterocycles. The van der Waals surface area contributed by atoms with Gasteiger partial charge in [-0.15, -0.1) is 0 Å². The number of carbonyl (C=O) groups excluding carboxylic acids is 2. The minimum absolute atomic E-state index is 0.0514. The molecule has 0 aromatic heterocycles. The van der Waals surface area contributed by atoms with Crippen LogP contribution in [-0.4, -0.2) is 64.0 Å². The van der Waals surface area contributed by atoms with Gasteiger partial charge in [0.05, 0.1) is 6.04 Å². The second kappa shape index (κ2) is 6.60. The van der Waals surface area contributed by atoms with Gasteiger partial charge in [0.25, 0.3) is 0 Å². The highest BCUT2D eigenvalue weighted by atomic mass is 16.9. The molecule has 162 valence electrons. The lowest BCUT2D eigenvalue weighted by molar-refractivity contribution is -0.307. The average molecular weight is 413 g/mol. The van der Waals surface area contributed by atoms with Crippen molar-refractivity contribution in [3.63, 3.8) is 0 Å². The Bertz CT molecular complexity index is 785. The van der Waals surface area contributed by atoms with Crippen molar-refractivity contribution in [3.05, 3.63) is 5.76 Å². The highest BCUT2D eigenvalue weighted by Crippen LogP contribution is 2.58. The molecular weight excluding hydrogens is 386 g/mol. The van der Waals surface area contributed by atoms with Crippen LogP contribution in [0.4, 0.5) is 0 Å². The largest absolute Gasteiger partial charge is 0.477 e. The van der Waals surface area contributed by atoms with Gasteiger partial charge in [-0.1, -0.05) is 13.8 Å². The maximum atomic E-state index is 13.6. The third-order valence-corrected chi connectivity index (χ3v) is 5.09. The fraction of sp³-hybridized carbons (Fsp3) is 0.789. The number of ether oxygens (including phenoxy) is 5. The number of Topliss-reactive ketones (excluding diaryl/α,β-unsaturated/α-hetero) is 1. The molecular formula is C19H27NO9. The predicted octanol–water partition coefficient (Wildman–Crippen LogP) is 0.497. The van der Waals surface area contributed by atoms with Crippen molar-refractivity contribution in [1.82, 2.24) is 0 Å². The van der Waals surface area contributed by atoms with Crippen LogP contribution in [0.5, 0.6) is 0 Å². The Morgan fingerprint density at radius 1 is 1.14 bits per heavy atom. The Labute approximate surface area is 168 Å². The number of ketones is 1. The number of fused-ring (bicyclic) bond motifs is 3. The van der Waals surface area contributed by atoms with Crippen LogP contribution in [0.15, 0.2) is 5.76 Å². The monoisotopic (exact) mass is 413 g/mol. The van der Waals surface area contributed by atoms with Crippen LogP contribution in [0.1, 0.15) is 48.0 Å². The van der Waals surface area contributed by atoms with E-state index in [4.69, 9.17) is 29.4 Å². The van der Waals surface area contributed by atoms with Gasteiger partial charge in [0, 0.05) is 13.8 Å². The van der Waals surface area contributed by atoms with Gasteiger partial charge < -0.3 is 34.5 Å². The number of rotatable bonds is 5. The minimum atomic E-state index is -2.58. The highest BCUT2D eigenvalue weighted by Gasteiger charge is 2.84. The first kappa shape index (κ1) is 21.9. The molecule has 0 saturated carbocycles. The number of hydrogen-bond acceptors (Lipinski definition) is 9. The Morgan fingerprint density at radius 2 is 1.76 bits per heavy atom. The molecule has 3 aliphatic heterocycles. The topological polar surface area (TPSA) is 144 Å². The van der Waals surface area contributed by atoms with E-state index < -0.39 is 53.0 Å². The van der Waals surface area contributed by atoms with Crippen LogP contribution in [0.3, 0.4) is 0 Å². The van der Waals surface area contributed by atoms with E-state index in [1.54, 1.807) is 5.94 Å². The van der Waals surface area contributed by atoms with Crippen molar-refractivity contribution < 1.29 is 43.2 Å². The van der Waals surface area contributed by atoms with Gasteiger partial charge in [0.15, 0.2) is 23.6 Å². The molecule has 10 nitrogen and oxygen atoms in total. The SMILES string of the molecule is CC(C)C[C@H](N)C(=O)[C@@]12OC(C)(C)O[C@]1(C(=O)O)O[C@H]1C(=C=O)OC(C)(C)O[C@H]12. The summed E-state index contributed by atoms with van der Waals surface area (Å²) in [5.74, 6) is -6.49. The molecule has 29 heavy (non-hydrogen) atoms. The fourth-order valence-electron chi connectivity index (χ4n) is 4.27. The molecule has 0 radical (unpaired) electrons. The zero-order valence-corrected chi connectivity index (χ0v) is 17.3. The molecule has 0 aliphatic carbocycles. The maximum Gasteiger partial charge on any atom is 0.368 e. The van der Waals surface area contributed by atoms with Crippen LogP contribution in [0.25, 0.3) is 0 Å². The number of carbonyl (C=O) groups is 2. The van der Waals surface area contributed by atoms with Gasteiger partial charge in [0.2, 0.25) is 17.1 Å². The number of hydrogen-bond donors (Lipinski definition) is 2. The normalized spacial score (nSPS) is 38.0. The van der Waals surface area contributed by atoms with Gasteiger partial charge in [-0.2, -0.15) is 0 Å². The first-order chi connectivity index (χ1) is 13.2. The lowest BCUT2D eigenvalue weighted by Crippen LogP contribution is -2.68. The van der Waals surface area contributed by atoms with Crippen molar-refractivity contribution in [2.45, 2.75) is 89.2 Å². The van der Waals surface area contributed by atoms with E-state index in [1.165, 1.54) is 27.7 Å². The van der Waals surface area contributed by atoms with Crippen LogP contribution < -0.4 is 5.73 Å². The number of aliphatic carboxylic acids is 1. The number of carboxylic acids is 1. The lowest BCUT2D eigenvalue weighted by atomic mass is 9.78. The highest BCUT2D eigenvalue weighted by molar-refractivity contribution is 6.00. The molecule has 0 spiro atoms. The van der Waals surface area contributed by atoms with Crippen LogP contribution in [0.2, 0.25) is 0 Å². The van der Waals surface area contributed by atoms with Gasteiger partial charge in [-0.25, -0.2) is 9.59 Å². The van der Waals surface area contributed by atoms with Crippen molar-refractivity contribution in [1.29, 1.82) is 0 Å². The molecule has 10 heteroatoms. The summed E-state index contributed by atoms with van der Waals surface area (Å²) in [7, 11) is 0. The van der Waals surface area contributed by atoms with Crippen LogP contribution in [0, 0.1) is 5.92 Å². The van der Waals surface area contributed by atoms with Crippen molar-refractivity contribution in [2.24, 2.45) is 11.7 Å². The Balaban J connectivity index is 2.23. The smallest absolute Gasteiger partial charge is 0.368 e. The molecule has 0 amide bonds. The summed E-state index contributed by atoms with van der Waals surface area (Å²) in [6, 6.07) is -1.08. The quantitative estimate of drug-likeness (QED) is 0.611. The van der Waals surface area contributed by atoms with E-state index in [0.29, 0.717) is 0 Å². The molecule has 3 rings (SSSR count). The van der Waals surface area contributed by atoms with Gasteiger partial charge >= 0.3 is 11.8 Å². The summed E-state index contributed by atoms with van der Waals surface area (Å²) in [6.45, 7) is 9.68. The van der Waals surface area contributed by atoms with E-state index in [9.17, 15) is 19.5 Å². The number of carboxylic acid groups (broad SMARTS) is 1. The maximum absolute atomic E-state index is 13.6. The van der Waals surface area contributed by atoms with Crippen molar-refractivity contribution in [3.8, 4) is 0 Å². The summed E-state index contributed by atoms with van der Waals surface area (Å²) >= 11 is 0. The summed E-state index contributed by atoms with van der Waals surface area (Å²) in [5.41, 5.74) is 3.89. The summed E-state index contributed by atoms with van der Waals surface area (Å²) in [4.78, 5) is 37.6. The van der Waals surface area contributed by atoms with E-state index >= 15 is 0 Å². The van der Waals surface area contributed by atoms with Crippen molar-refractivity contribution >= 4 is 17.7 Å². The van der Waals surface area contributed by atoms with Gasteiger partial charge in [-0.3, -0.25) is 4.79 Å². The number of nitrogens with two attached hydrogens (primary N) is 1. The zero-order chi connectivity index (χ0) is 22.0. The summed E-state index contributed by atoms with van der Waals surface area (Å²) < 4.78 is 28.6. The fourth-order valence-corrected chi connectivity index (χ4v) is 4.27. The Morgan fingerprint density at radius 3 is 2.28 bits per heavy atom. The summed E-state index contributed by atoms with van der Waals surface area (Å²) in [5, 5.41) is 10.1. The van der Waals surface area contributed by atoms with Crippen LogP contribution in [-0.2, 0) is 38.1 Å². The molecule has 0 aromatic carbocycles. The van der Waals surface area contributed by atoms with E-state index in [1.807, 2.05) is 13.8 Å². The van der Waals surface area contributed by atoms with E-state index in [-0.39, 0.29) is 18.1 Å². The lowest BCUT2D eigenvalue weighted by Gasteiger charge is -2.43. The molecule has 0 aromatic rings. The molecule has 0 bridgehead atoms. The van der Waals surface area contributed by atoms with Crippen LogP contribution >= 0.6 is 0 Å². The van der Waals surface area contributed by atoms with E-state index in [0.717, 1.165) is 0 Å². The molecule has 0 unspecified atom stereocenters. The molecule has 5 atom stereocenters. The average Bonchev–Trinajstić information content (AvgIpc) is 2.97. The first-order valence-corrected chi connectivity index (χ1v) is 9.44. The Hall–Kier alpha value is -1.81. The molecule has 3 heterocycles. The van der Waals surface area contributed by atoms with E-state index in [2.05, 4.69) is 0 Å². The van der Waals surface area contributed by atoms with Gasteiger partial charge in [0.1, 0.15) is 6.10 Å². The molecule has 3 N–H and O–H groups in total. The standard InChI is InChI=1S/C19H27NO9/c1-9(2)7-10(20)13(22)18-14-12(11(8-21)25-16(3,4)27-14)26-19(18,15(23)24)29-17(5,6)28-18/h9-10,12,14H,7,20H2,1-6H3,(H,23,24)/t10-,12-,14+,18-,19-/m0/s1. The second-order valence-electron chi connectivity index (χ2n) is 8.91. The molecule has 3 aliphatic rings. The van der Waals surface area contributed by atoms with Gasteiger partial charge in [-0.05, 0) is 26.2 Å². The predicted molar refractivity (Wildman–Crippen MR) is 95.9 cm³/mol. The third-order valence-electron chi connectivity index (χ3n) is 5.09. The third kappa shape index (κ3) is 3.11.